The number of ketones is 1. The first-order valence-electron chi connectivity index (χ1n) is 4.97. The molecule has 0 spiro atoms. The molecule has 3 aliphatic carbocycles. The second-order valence-corrected chi connectivity index (χ2v) is 5.59. The van der Waals surface area contributed by atoms with Crippen LogP contribution in [0.5, 0.6) is 0 Å². The Hall–Kier alpha value is -0.330. The normalized spacial score (nSPS) is 44.9. The van der Waals surface area contributed by atoms with Gasteiger partial charge in [0.1, 0.15) is 5.78 Å². The van der Waals surface area contributed by atoms with Crippen molar-refractivity contribution in [1.82, 2.24) is 0 Å². The molecule has 2 bridgehead atoms. The fraction of sp³-hybridized carbons (Fsp3) is 0.909. The fourth-order valence-electron chi connectivity index (χ4n) is 3.21. The molecule has 0 heterocycles. The van der Waals surface area contributed by atoms with Crippen molar-refractivity contribution in [1.29, 1.82) is 0 Å². The van der Waals surface area contributed by atoms with E-state index in [-0.39, 0.29) is 5.41 Å². The predicted octanol–water partition coefficient (Wildman–Crippen LogP) is 2.79. The van der Waals surface area contributed by atoms with E-state index in [2.05, 4.69) is 20.8 Å². The van der Waals surface area contributed by atoms with Crippen molar-refractivity contribution in [3.8, 4) is 0 Å². The Balaban J connectivity index is 2.32. The van der Waals surface area contributed by atoms with Gasteiger partial charge in [-0.2, -0.15) is 0 Å². The second kappa shape index (κ2) is 2.12. The summed E-state index contributed by atoms with van der Waals surface area (Å²) < 4.78 is 0. The highest BCUT2D eigenvalue weighted by Gasteiger charge is 2.51. The molecule has 0 N–H and O–H groups in total. The summed E-state index contributed by atoms with van der Waals surface area (Å²) in [5.41, 5.74) is 0.458. The molecule has 2 unspecified atom stereocenters. The predicted molar refractivity (Wildman–Crippen MR) is 48.9 cm³/mol. The Morgan fingerprint density at radius 3 is 2.33 bits per heavy atom. The lowest BCUT2D eigenvalue weighted by Gasteiger charge is -2.52. The van der Waals surface area contributed by atoms with Gasteiger partial charge in [-0.3, -0.25) is 4.79 Å². The number of hydrogen-bond acceptors (Lipinski definition) is 1. The van der Waals surface area contributed by atoms with E-state index in [1.165, 1.54) is 6.42 Å². The minimum absolute atomic E-state index is 0.0399. The number of hydrogen-bond donors (Lipinski definition) is 0. The van der Waals surface area contributed by atoms with Crippen LogP contribution in [0.4, 0.5) is 0 Å². The molecule has 0 aromatic rings. The zero-order valence-corrected chi connectivity index (χ0v) is 8.31. The van der Waals surface area contributed by atoms with Crippen molar-refractivity contribution in [3.63, 3.8) is 0 Å². The van der Waals surface area contributed by atoms with Crippen molar-refractivity contribution in [2.24, 2.45) is 16.7 Å². The average Bonchev–Trinajstić information content (AvgIpc) is 1.91. The Labute approximate surface area is 74.5 Å². The number of fused-ring (bicyclic) bond motifs is 3. The average molecular weight is 166 g/mol. The lowest BCUT2D eigenvalue weighted by atomic mass is 9.51. The minimum Gasteiger partial charge on any atom is -0.299 e. The van der Waals surface area contributed by atoms with Gasteiger partial charge in [0, 0.05) is 11.8 Å². The van der Waals surface area contributed by atoms with E-state index in [0.717, 1.165) is 19.3 Å². The molecule has 68 valence electrons. The zero-order valence-electron chi connectivity index (χ0n) is 8.31. The first-order chi connectivity index (χ1) is 5.44. The molecular formula is C11H18O. The van der Waals surface area contributed by atoms with Crippen LogP contribution in [0, 0.1) is 16.7 Å². The smallest absolute Gasteiger partial charge is 0.139 e. The van der Waals surface area contributed by atoms with Crippen molar-refractivity contribution in [2.45, 2.75) is 46.5 Å². The summed E-state index contributed by atoms with van der Waals surface area (Å²) in [6.07, 6.45) is 4.38. The Morgan fingerprint density at radius 1 is 1.33 bits per heavy atom. The molecule has 0 aliphatic heterocycles. The first-order valence-corrected chi connectivity index (χ1v) is 4.97. The van der Waals surface area contributed by atoms with Crippen LogP contribution in [0.15, 0.2) is 0 Å². The molecule has 3 saturated carbocycles. The van der Waals surface area contributed by atoms with Gasteiger partial charge >= 0.3 is 0 Å². The quantitative estimate of drug-likeness (QED) is 0.541. The maximum Gasteiger partial charge on any atom is 0.139 e. The van der Waals surface area contributed by atoms with Gasteiger partial charge in [0.05, 0.1) is 0 Å². The van der Waals surface area contributed by atoms with Crippen LogP contribution < -0.4 is 0 Å². The van der Waals surface area contributed by atoms with Gasteiger partial charge in [0.15, 0.2) is 0 Å². The van der Waals surface area contributed by atoms with Gasteiger partial charge in [-0.25, -0.2) is 0 Å². The van der Waals surface area contributed by atoms with E-state index in [9.17, 15) is 4.79 Å². The summed E-state index contributed by atoms with van der Waals surface area (Å²) in [6.45, 7) is 6.80. The summed E-state index contributed by atoms with van der Waals surface area (Å²) in [5.74, 6) is 1.20. The largest absolute Gasteiger partial charge is 0.299 e. The van der Waals surface area contributed by atoms with Crippen LogP contribution in [0.25, 0.3) is 0 Å². The lowest BCUT2D eigenvalue weighted by molar-refractivity contribution is -0.145. The third-order valence-electron chi connectivity index (χ3n) is 4.10. The molecule has 0 radical (unpaired) electrons. The molecule has 12 heavy (non-hydrogen) atoms. The van der Waals surface area contributed by atoms with Gasteiger partial charge in [-0.1, -0.05) is 20.8 Å². The van der Waals surface area contributed by atoms with Crippen molar-refractivity contribution in [3.05, 3.63) is 0 Å². The van der Waals surface area contributed by atoms with Crippen molar-refractivity contribution >= 4 is 5.78 Å². The monoisotopic (exact) mass is 166 g/mol. The summed E-state index contributed by atoms with van der Waals surface area (Å²) in [6, 6.07) is 0. The lowest BCUT2D eigenvalue weighted by Crippen LogP contribution is -2.49. The zero-order chi connectivity index (χ0) is 8.98. The van der Waals surface area contributed by atoms with Crippen LogP contribution in [-0.4, -0.2) is 5.78 Å². The number of Topliss-reactive ketones (excluding diaryl/α,β-unsaturated/α-hetero) is 1. The van der Waals surface area contributed by atoms with Gasteiger partial charge in [-0.05, 0) is 30.6 Å². The van der Waals surface area contributed by atoms with E-state index in [1.807, 2.05) is 0 Å². The fourth-order valence-corrected chi connectivity index (χ4v) is 3.21. The highest BCUT2D eigenvalue weighted by Crippen LogP contribution is 2.56. The van der Waals surface area contributed by atoms with Crippen LogP contribution >= 0.6 is 0 Å². The molecule has 0 saturated heterocycles. The number of carbonyl (C=O) groups excluding carboxylic acids is 1. The van der Waals surface area contributed by atoms with Crippen molar-refractivity contribution in [2.75, 3.05) is 0 Å². The standard InChI is InChI=1S/C11H18O/c1-10(2)7-11(3)5-4-8(10)6-9(11)12/h8H,4-7H2,1-3H3. The molecule has 0 aromatic carbocycles. The SMILES string of the molecule is CC12CCC(CC1=O)C(C)(C)C2. The molecular weight excluding hydrogens is 148 g/mol. The Kier molecular flexibility index (Phi) is 1.47. The van der Waals surface area contributed by atoms with E-state index in [4.69, 9.17) is 0 Å². The highest BCUT2D eigenvalue weighted by atomic mass is 16.1. The summed E-state index contributed by atoms with van der Waals surface area (Å²) >= 11 is 0. The van der Waals surface area contributed by atoms with Gasteiger partial charge in [0.2, 0.25) is 0 Å². The first kappa shape index (κ1) is 8.28. The van der Waals surface area contributed by atoms with Crippen LogP contribution in [-0.2, 0) is 4.79 Å². The van der Waals surface area contributed by atoms with E-state index >= 15 is 0 Å². The van der Waals surface area contributed by atoms with Gasteiger partial charge < -0.3 is 0 Å². The summed E-state index contributed by atoms with van der Waals surface area (Å²) in [5, 5.41) is 0. The third kappa shape index (κ3) is 0.949. The summed E-state index contributed by atoms with van der Waals surface area (Å²) in [4.78, 5) is 11.7. The molecule has 1 nitrogen and oxygen atoms in total. The third-order valence-corrected chi connectivity index (χ3v) is 4.10. The topological polar surface area (TPSA) is 17.1 Å². The maximum absolute atomic E-state index is 11.7. The molecule has 2 atom stereocenters. The van der Waals surface area contributed by atoms with Crippen molar-refractivity contribution < 1.29 is 4.79 Å². The summed E-state index contributed by atoms with van der Waals surface area (Å²) in [7, 11) is 0. The Morgan fingerprint density at radius 2 is 2.00 bits per heavy atom. The minimum atomic E-state index is 0.0399. The van der Waals surface area contributed by atoms with E-state index < -0.39 is 0 Å². The number of carbonyl (C=O) groups is 1. The highest BCUT2D eigenvalue weighted by molar-refractivity contribution is 5.86. The van der Waals surface area contributed by atoms with E-state index in [1.54, 1.807) is 0 Å². The number of rotatable bonds is 0. The molecule has 0 aromatic heterocycles. The Bertz CT molecular complexity index is 229. The molecule has 3 fully saturated rings. The van der Waals surface area contributed by atoms with Gasteiger partial charge in [0.25, 0.3) is 0 Å². The van der Waals surface area contributed by atoms with E-state index in [0.29, 0.717) is 17.1 Å². The van der Waals surface area contributed by atoms with Crippen LogP contribution in [0.3, 0.4) is 0 Å². The molecule has 0 amide bonds. The van der Waals surface area contributed by atoms with Gasteiger partial charge in [-0.15, -0.1) is 0 Å². The second-order valence-electron chi connectivity index (χ2n) is 5.59. The van der Waals surface area contributed by atoms with Crippen LogP contribution in [0.1, 0.15) is 46.5 Å². The molecule has 3 aliphatic rings. The maximum atomic E-state index is 11.7. The molecule has 3 rings (SSSR count). The van der Waals surface area contributed by atoms with Crippen LogP contribution in [0.2, 0.25) is 0 Å². The molecule has 1 heteroatoms.